The highest BCUT2D eigenvalue weighted by atomic mass is 19.1. The number of methoxy groups -OCH3 is 1. The lowest BCUT2D eigenvalue weighted by Crippen LogP contribution is -2.16. The van der Waals surface area contributed by atoms with Crippen molar-refractivity contribution < 1.29 is 13.9 Å². The predicted octanol–water partition coefficient (Wildman–Crippen LogP) is 4.72. The molecule has 0 atom stereocenters. The number of ether oxygens (including phenoxy) is 1. The number of rotatable bonds is 4. The highest BCUT2D eigenvalue weighted by molar-refractivity contribution is 6.05. The van der Waals surface area contributed by atoms with Crippen molar-refractivity contribution in [2.75, 3.05) is 12.4 Å². The molecule has 0 bridgehead atoms. The zero-order chi connectivity index (χ0) is 21.4. The monoisotopic (exact) mass is 404 g/mol. The van der Waals surface area contributed by atoms with Crippen molar-refractivity contribution in [2.45, 2.75) is 20.8 Å². The standard InChI is InChI=1S/C23H21FN4O2/c1-13-5-10-20(30-4)19(11-13)26-23(29)18-12-25-22-21(14(2)27-28(22)15(18)3)16-6-8-17(24)9-7-16/h5-12H,1-4H3,(H,26,29). The fourth-order valence-corrected chi connectivity index (χ4v) is 3.49. The molecule has 0 spiro atoms. The number of carbonyl (C=O) groups excluding carboxylic acids is 1. The molecular weight excluding hydrogens is 383 g/mol. The summed E-state index contributed by atoms with van der Waals surface area (Å²) in [7, 11) is 1.56. The van der Waals surface area contributed by atoms with Crippen molar-refractivity contribution in [1.82, 2.24) is 14.6 Å². The molecule has 4 aromatic rings. The predicted molar refractivity (Wildman–Crippen MR) is 114 cm³/mol. The first-order chi connectivity index (χ1) is 14.4. The summed E-state index contributed by atoms with van der Waals surface area (Å²) in [6, 6.07) is 11.8. The second kappa shape index (κ2) is 7.59. The van der Waals surface area contributed by atoms with Gasteiger partial charge in [-0.25, -0.2) is 13.9 Å². The van der Waals surface area contributed by atoms with Gasteiger partial charge in [0, 0.05) is 11.8 Å². The van der Waals surface area contributed by atoms with E-state index < -0.39 is 0 Å². The molecule has 2 heterocycles. The third-order valence-electron chi connectivity index (χ3n) is 5.04. The van der Waals surface area contributed by atoms with Gasteiger partial charge < -0.3 is 10.1 Å². The van der Waals surface area contributed by atoms with Gasteiger partial charge in [-0.05, 0) is 56.2 Å². The molecule has 0 fully saturated rings. The second-order valence-electron chi connectivity index (χ2n) is 7.12. The summed E-state index contributed by atoms with van der Waals surface area (Å²) in [5, 5.41) is 7.46. The van der Waals surface area contributed by atoms with E-state index in [0.29, 0.717) is 28.3 Å². The number of hydrogen-bond donors (Lipinski definition) is 1. The maximum atomic E-state index is 13.3. The van der Waals surface area contributed by atoms with Gasteiger partial charge in [0.05, 0.1) is 29.7 Å². The minimum atomic E-state index is -0.303. The van der Waals surface area contributed by atoms with E-state index in [1.807, 2.05) is 39.0 Å². The number of nitrogens with zero attached hydrogens (tertiary/aromatic N) is 3. The molecule has 7 heteroatoms. The quantitative estimate of drug-likeness (QED) is 0.534. The molecule has 4 rings (SSSR count). The van der Waals surface area contributed by atoms with Gasteiger partial charge >= 0.3 is 0 Å². The summed E-state index contributed by atoms with van der Waals surface area (Å²) in [6.07, 6.45) is 1.54. The summed E-state index contributed by atoms with van der Waals surface area (Å²) in [5.74, 6) is -0.0287. The van der Waals surface area contributed by atoms with Gasteiger partial charge in [-0.2, -0.15) is 5.10 Å². The van der Waals surface area contributed by atoms with Crippen LogP contribution in [0.25, 0.3) is 16.8 Å². The van der Waals surface area contributed by atoms with Gasteiger partial charge in [-0.3, -0.25) is 4.79 Å². The van der Waals surface area contributed by atoms with Crippen LogP contribution >= 0.6 is 0 Å². The third-order valence-corrected chi connectivity index (χ3v) is 5.04. The van der Waals surface area contributed by atoms with E-state index in [1.54, 1.807) is 23.8 Å². The molecule has 30 heavy (non-hydrogen) atoms. The molecule has 1 amide bonds. The maximum absolute atomic E-state index is 13.3. The Labute approximate surface area is 173 Å². The van der Waals surface area contributed by atoms with Crippen molar-refractivity contribution in [1.29, 1.82) is 0 Å². The Bertz CT molecular complexity index is 1260. The van der Waals surface area contributed by atoms with E-state index in [1.165, 1.54) is 18.3 Å². The normalized spacial score (nSPS) is 11.0. The van der Waals surface area contributed by atoms with Crippen LogP contribution in [-0.4, -0.2) is 27.6 Å². The van der Waals surface area contributed by atoms with Gasteiger partial charge in [-0.1, -0.05) is 18.2 Å². The van der Waals surface area contributed by atoms with Crippen LogP contribution in [0.2, 0.25) is 0 Å². The number of amides is 1. The van der Waals surface area contributed by atoms with Gasteiger partial charge in [-0.15, -0.1) is 0 Å². The van der Waals surface area contributed by atoms with E-state index in [9.17, 15) is 9.18 Å². The van der Waals surface area contributed by atoms with E-state index in [-0.39, 0.29) is 11.7 Å². The number of aryl methyl sites for hydroxylation is 3. The molecule has 0 aliphatic rings. The first-order valence-electron chi connectivity index (χ1n) is 9.46. The molecule has 152 valence electrons. The third kappa shape index (κ3) is 3.39. The molecular formula is C23H21FN4O2. The SMILES string of the molecule is COc1ccc(C)cc1NC(=O)c1cnc2c(-c3ccc(F)cc3)c(C)nn2c1C. The number of halogens is 1. The Kier molecular flexibility index (Phi) is 4.95. The first kappa shape index (κ1) is 19.6. The number of carbonyl (C=O) groups is 1. The number of benzene rings is 2. The molecule has 0 aliphatic carbocycles. The minimum absolute atomic E-state index is 0.303. The number of aromatic nitrogens is 3. The molecule has 2 aromatic heterocycles. The maximum Gasteiger partial charge on any atom is 0.259 e. The van der Waals surface area contributed by atoms with Crippen LogP contribution in [0.3, 0.4) is 0 Å². The summed E-state index contributed by atoms with van der Waals surface area (Å²) < 4.78 is 20.3. The Morgan fingerprint density at radius 1 is 1.10 bits per heavy atom. The van der Waals surface area contributed by atoms with Gasteiger partial charge in [0.1, 0.15) is 11.6 Å². The van der Waals surface area contributed by atoms with Crippen molar-refractivity contribution in [2.24, 2.45) is 0 Å². The summed E-state index contributed by atoms with van der Waals surface area (Å²) in [6.45, 7) is 5.62. The van der Waals surface area contributed by atoms with Gasteiger partial charge in [0.2, 0.25) is 0 Å². The highest BCUT2D eigenvalue weighted by Gasteiger charge is 2.19. The molecule has 0 saturated carbocycles. The van der Waals surface area contributed by atoms with Crippen LogP contribution in [0.4, 0.5) is 10.1 Å². The van der Waals surface area contributed by atoms with Crippen LogP contribution in [-0.2, 0) is 0 Å². The highest BCUT2D eigenvalue weighted by Crippen LogP contribution is 2.29. The van der Waals surface area contributed by atoms with Crippen molar-refractivity contribution in [3.63, 3.8) is 0 Å². The lowest BCUT2D eigenvalue weighted by molar-refractivity contribution is 0.102. The van der Waals surface area contributed by atoms with E-state index in [2.05, 4.69) is 15.4 Å². The average molecular weight is 404 g/mol. The fourth-order valence-electron chi connectivity index (χ4n) is 3.49. The lowest BCUT2D eigenvalue weighted by atomic mass is 10.1. The molecule has 0 aliphatic heterocycles. The molecule has 0 unspecified atom stereocenters. The van der Waals surface area contributed by atoms with E-state index >= 15 is 0 Å². The van der Waals surface area contributed by atoms with E-state index in [0.717, 1.165) is 22.4 Å². The zero-order valence-electron chi connectivity index (χ0n) is 17.2. The molecule has 6 nitrogen and oxygen atoms in total. The van der Waals surface area contributed by atoms with Crippen LogP contribution in [0.5, 0.6) is 5.75 Å². The summed E-state index contributed by atoms with van der Waals surface area (Å²) in [5.41, 5.74) is 5.63. The van der Waals surface area contributed by atoms with Crippen LogP contribution in [0.15, 0.2) is 48.7 Å². The Morgan fingerprint density at radius 2 is 1.83 bits per heavy atom. The average Bonchev–Trinajstić information content (AvgIpc) is 3.06. The largest absolute Gasteiger partial charge is 0.495 e. The van der Waals surface area contributed by atoms with Gasteiger partial charge in [0.15, 0.2) is 5.65 Å². The van der Waals surface area contributed by atoms with Crippen molar-refractivity contribution in [3.8, 4) is 16.9 Å². The Balaban J connectivity index is 1.75. The minimum Gasteiger partial charge on any atom is -0.495 e. The number of fused-ring (bicyclic) bond motifs is 1. The number of hydrogen-bond acceptors (Lipinski definition) is 4. The zero-order valence-corrected chi connectivity index (χ0v) is 17.2. The van der Waals surface area contributed by atoms with Gasteiger partial charge in [0.25, 0.3) is 5.91 Å². The van der Waals surface area contributed by atoms with Crippen LogP contribution in [0.1, 0.15) is 27.3 Å². The molecule has 1 N–H and O–H groups in total. The number of nitrogens with one attached hydrogen (secondary N) is 1. The van der Waals surface area contributed by atoms with E-state index in [4.69, 9.17) is 4.74 Å². The second-order valence-corrected chi connectivity index (χ2v) is 7.12. The van der Waals surface area contributed by atoms with Crippen LogP contribution < -0.4 is 10.1 Å². The summed E-state index contributed by atoms with van der Waals surface area (Å²) >= 11 is 0. The van der Waals surface area contributed by atoms with Crippen molar-refractivity contribution >= 4 is 17.2 Å². The molecule has 0 saturated heterocycles. The Hall–Kier alpha value is -3.74. The van der Waals surface area contributed by atoms with Crippen molar-refractivity contribution in [3.05, 3.63) is 77.0 Å². The molecule has 2 aromatic carbocycles. The summed E-state index contributed by atoms with van der Waals surface area (Å²) in [4.78, 5) is 17.5. The smallest absolute Gasteiger partial charge is 0.259 e. The Morgan fingerprint density at radius 3 is 2.53 bits per heavy atom. The number of anilines is 1. The lowest BCUT2D eigenvalue weighted by Gasteiger charge is -2.12. The topological polar surface area (TPSA) is 68.5 Å². The van der Waals surface area contributed by atoms with Crippen LogP contribution in [0, 0.1) is 26.6 Å². The molecule has 0 radical (unpaired) electrons. The fraction of sp³-hybridized carbons (Fsp3) is 0.174. The first-order valence-corrected chi connectivity index (χ1v) is 9.46.